The van der Waals surface area contributed by atoms with Crippen LogP contribution in [0.1, 0.15) is 47.3 Å². The molecule has 1 saturated carbocycles. The average molecular weight is 386 g/mol. The lowest BCUT2D eigenvalue weighted by Gasteiger charge is -2.11. The lowest BCUT2D eigenvalue weighted by Crippen LogP contribution is -2.27. The molecule has 0 amide bonds. The highest BCUT2D eigenvalue weighted by Crippen LogP contribution is 2.39. The Kier molecular flexibility index (Phi) is 4.74. The van der Waals surface area contributed by atoms with Crippen LogP contribution in [0.2, 0.25) is 5.02 Å². The van der Waals surface area contributed by atoms with Crippen molar-refractivity contribution in [2.75, 3.05) is 6.61 Å². The fourth-order valence-electron chi connectivity index (χ4n) is 3.18. The fourth-order valence-corrected chi connectivity index (χ4v) is 3.40. The number of halogens is 1. The van der Waals surface area contributed by atoms with Crippen LogP contribution in [-0.2, 0) is 17.7 Å². The van der Waals surface area contributed by atoms with Crippen molar-refractivity contribution >= 4 is 23.2 Å². The summed E-state index contributed by atoms with van der Waals surface area (Å²) >= 11 is 6.07. The first-order chi connectivity index (χ1) is 13.1. The summed E-state index contributed by atoms with van der Waals surface area (Å²) in [5.74, 6) is -0.207. The standard InChI is InChI=1S/C20H20ClN3O3/c1-2-27-20(26)16-12-23(9-8-13-4-3-5-15(21)10-13)18-11-17(14-6-7-14)22-24(18)19(16)25/h3-5,10-12,14H,2,6-9H2,1H3. The smallest absolute Gasteiger partial charge is 0.345 e. The minimum absolute atomic E-state index is 0.000825. The zero-order valence-corrected chi connectivity index (χ0v) is 15.8. The van der Waals surface area contributed by atoms with Crippen LogP contribution in [0.5, 0.6) is 0 Å². The van der Waals surface area contributed by atoms with Crippen LogP contribution in [0.25, 0.3) is 5.65 Å². The van der Waals surface area contributed by atoms with E-state index in [4.69, 9.17) is 16.3 Å². The molecule has 6 nitrogen and oxygen atoms in total. The van der Waals surface area contributed by atoms with Crippen LogP contribution in [-0.4, -0.2) is 26.8 Å². The molecule has 1 aliphatic carbocycles. The van der Waals surface area contributed by atoms with Crippen LogP contribution < -0.4 is 5.56 Å². The van der Waals surface area contributed by atoms with Crippen molar-refractivity contribution in [3.8, 4) is 0 Å². The summed E-state index contributed by atoms with van der Waals surface area (Å²) in [6.45, 7) is 2.52. The number of hydrogen-bond donors (Lipinski definition) is 0. The molecule has 0 N–H and O–H groups in total. The number of carbonyl (C=O) groups excluding carboxylic acids is 1. The predicted octanol–water partition coefficient (Wildman–Crippen LogP) is 3.45. The maximum atomic E-state index is 12.7. The first-order valence-corrected chi connectivity index (χ1v) is 9.49. The van der Waals surface area contributed by atoms with Crippen molar-refractivity contribution in [2.24, 2.45) is 0 Å². The number of esters is 1. The van der Waals surface area contributed by atoms with Gasteiger partial charge < -0.3 is 9.30 Å². The minimum atomic E-state index is -0.621. The molecule has 0 atom stereocenters. The second kappa shape index (κ2) is 7.19. The van der Waals surface area contributed by atoms with Gasteiger partial charge in [-0.05, 0) is 43.9 Å². The van der Waals surface area contributed by atoms with E-state index in [1.165, 1.54) is 4.52 Å². The van der Waals surface area contributed by atoms with Crippen molar-refractivity contribution < 1.29 is 9.53 Å². The summed E-state index contributed by atoms with van der Waals surface area (Å²) in [7, 11) is 0. The van der Waals surface area contributed by atoms with Crippen LogP contribution in [0.4, 0.5) is 0 Å². The molecule has 27 heavy (non-hydrogen) atoms. The minimum Gasteiger partial charge on any atom is -0.462 e. The number of hydrogen-bond acceptors (Lipinski definition) is 4. The topological polar surface area (TPSA) is 65.6 Å². The van der Waals surface area contributed by atoms with E-state index >= 15 is 0 Å². The zero-order chi connectivity index (χ0) is 19.0. The number of aryl methyl sites for hydroxylation is 2. The molecule has 1 aliphatic rings. The number of aromatic nitrogens is 3. The van der Waals surface area contributed by atoms with E-state index in [9.17, 15) is 9.59 Å². The quantitative estimate of drug-likeness (QED) is 0.609. The molecule has 2 heterocycles. The van der Waals surface area contributed by atoms with Crippen LogP contribution in [0, 0.1) is 0 Å². The van der Waals surface area contributed by atoms with Gasteiger partial charge in [0.2, 0.25) is 0 Å². The fraction of sp³-hybridized carbons (Fsp3) is 0.350. The van der Waals surface area contributed by atoms with Gasteiger partial charge in [0.15, 0.2) is 0 Å². The number of fused-ring (bicyclic) bond motifs is 1. The van der Waals surface area contributed by atoms with Gasteiger partial charge in [0.25, 0.3) is 5.56 Å². The lowest BCUT2D eigenvalue weighted by atomic mass is 10.1. The lowest BCUT2D eigenvalue weighted by molar-refractivity contribution is 0.0522. The molecule has 140 valence electrons. The van der Waals surface area contributed by atoms with E-state index in [0.717, 1.165) is 24.1 Å². The predicted molar refractivity (Wildman–Crippen MR) is 103 cm³/mol. The van der Waals surface area contributed by atoms with Gasteiger partial charge in [-0.1, -0.05) is 23.7 Å². The molecule has 0 radical (unpaired) electrons. The van der Waals surface area contributed by atoms with Crippen LogP contribution in [0.15, 0.2) is 41.3 Å². The van der Waals surface area contributed by atoms with E-state index in [1.807, 2.05) is 34.9 Å². The Hall–Kier alpha value is -2.60. The molecule has 1 aromatic carbocycles. The Labute approximate surface area is 161 Å². The number of rotatable bonds is 6. The van der Waals surface area contributed by atoms with Crippen molar-refractivity contribution in [1.29, 1.82) is 0 Å². The van der Waals surface area contributed by atoms with Crippen molar-refractivity contribution in [3.63, 3.8) is 0 Å². The SMILES string of the molecule is CCOC(=O)c1cn(CCc2cccc(Cl)c2)c2cc(C3CC3)nn2c1=O. The first-order valence-electron chi connectivity index (χ1n) is 9.11. The van der Waals surface area contributed by atoms with Crippen molar-refractivity contribution in [1.82, 2.24) is 14.2 Å². The summed E-state index contributed by atoms with van der Waals surface area (Å²) < 4.78 is 8.27. The number of ether oxygens (including phenoxy) is 1. The summed E-state index contributed by atoms with van der Waals surface area (Å²) in [4.78, 5) is 25.0. The Bertz CT molecular complexity index is 1070. The summed E-state index contributed by atoms with van der Waals surface area (Å²) in [6.07, 6.45) is 4.47. The molecule has 2 aromatic heterocycles. The maximum absolute atomic E-state index is 12.7. The van der Waals surface area contributed by atoms with Crippen LogP contribution >= 0.6 is 11.6 Å². The third kappa shape index (κ3) is 3.62. The molecule has 7 heteroatoms. The Morgan fingerprint density at radius 3 is 2.85 bits per heavy atom. The van der Waals surface area contributed by atoms with E-state index in [2.05, 4.69) is 5.10 Å². The summed E-state index contributed by atoms with van der Waals surface area (Å²) in [6, 6.07) is 9.61. The number of carbonyl (C=O) groups is 1. The third-order valence-corrected chi connectivity index (χ3v) is 4.97. The maximum Gasteiger partial charge on any atom is 0.345 e. The van der Waals surface area contributed by atoms with Gasteiger partial charge in [-0.25, -0.2) is 4.79 Å². The van der Waals surface area contributed by atoms with Gasteiger partial charge in [0, 0.05) is 29.7 Å². The number of nitrogens with zero attached hydrogens (tertiary/aromatic N) is 3. The first kappa shape index (κ1) is 17.8. The molecule has 0 spiro atoms. The van der Waals surface area contributed by atoms with Gasteiger partial charge in [-0.15, -0.1) is 0 Å². The normalized spacial score (nSPS) is 13.9. The van der Waals surface area contributed by atoms with E-state index in [1.54, 1.807) is 13.1 Å². The van der Waals surface area contributed by atoms with Gasteiger partial charge in [-0.2, -0.15) is 9.61 Å². The largest absolute Gasteiger partial charge is 0.462 e. The molecule has 0 bridgehead atoms. The van der Waals surface area contributed by atoms with Crippen molar-refractivity contribution in [2.45, 2.75) is 38.6 Å². The molecule has 3 aromatic rings. The Balaban J connectivity index is 1.75. The van der Waals surface area contributed by atoms with Gasteiger partial charge in [0.05, 0.1) is 12.3 Å². The second-order valence-corrected chi connectivity index (χ2v) is 7.19. The molecular formula is C20H20ClN3O3. The van der Waals surface area contributed by atoms with E-state index in [-0.39, 0.29) is 12.2 Å². The molecule has 0 saturated heterocycles. The molecule has 0 unspecified atom stereocenters. The Morgan fingerprint density at radius 2 is 2.15 bits per heavy atom. The van der Waals surface area contributed by atoms with Crippen LogP contribution in [0.3, 0.4) is 0 Å². The summed E-state index contributed by atoms with van der Waals surface area (Å²) in [5.41, 5.74) is 2.25. The highest BCUT2D eigenvalue weighted by atomic mass is 35.5. The monoisotopic (exact) mass is 385 g/mol. The molecule has 4 rings (SSSR count). The molecule has 1 fully saturated rings. The van der Waals surface area contributed by atoms with E-state index in [0.29, 0.717) is 29.6 Å². The average Bonchev–Trinajstić information content (AvgIpc) is 3.40. The van der Waals surface area contributed by atoms with Crippen molar-refractivity contribution in [3.05, 3.63) is 68.7 Å². The highest BCUT2D eigenvalue weighted by molar-refractivity contribution is 6.30. The zero-order valence-electron chi connectivity index (χ0n) is 15.0. The van der Waals surface area contributed by atoms with E-state index < -0.39 is 11.5 Å². The highest BCUT2D eigenvalue weighted by Gasteiger charge is 2.28. The third-order valence-electron chi connectivity index (χ3n) is 4.73. The van der Waals surface area contributed by atoms with Gasteiger partial charge >= 0.3 is 5.97 Å². The summed E-state index contributed by atoms with van der Waals surface area (Å²) in [5, 5.41) is 5.15. The second-order valence-electron chi connectivity index (χ2n) is 6.76. The number of benzene rings is 1. The van der Waals surface area contributed by atoms with Gasteiger partial charge in [0.1, 0.15) is 11.2 Å². The Morgan fingerprint density at radius 1 is 1.33 bits per heavy atom. The molecule has 0 aliphatic heterocycles. The molecular weight excluding hydrogens is 366 g/mol. The van der Waals surface area contributed by atoms with Gasteiger partial charge in [-0.3, -0.25) is 4.79 Å².